The van der Waals surface area contributed by atoms with Crippen LogP contribution in [-0.4, -0.2) is 43.9 Å². The van der Waals surface area contributed by atoms with Gasteiger partial charge in [0.15, 0.2) is 0 Å². The molecular formula is C19H28FN3O2. The quantitative estimate of drug-likeness (QED) is 0.791. The van der Waals surface area contributed by atoms with Crippen molar-refractivity contribution in [1.29, 1.82) is 0 Å². The van der Waals surface area contributed by atoms with Gasteiger partial charge in [-0.15, -0.1) is 0 Å². The van der Waals surface area contributed by atoms with E-state index < -0.39 is 0 Å². The Morgan fingerprint density at radius 1 is 1.04 bits per heavy atom. The first-order chi connectivity index (χ1) is 12.0. The third-order valence-electron chi connectivity index (χ3n) is 4.74. The molecule has 1 aromatic rings. The normalized spacial score (nSPS) is 20.3. The fourth-order valence-corrected chi connectivity index (χ4v) is 3.13. The molecule has 1 aromatic carbocycles. The van der Waals surface area contributed by atoms with Crippen molar-refractivity contribution in [2.45, 2.75) is 32.2 Å². The van der Waals surface area contributed by atoms with E-state index in [2.05, 4.69) is 10.6 Å². The number of hydrogen-bond acceptors (Lipinski definition) is 3. The van der Waals surface area contributed by atoms with Crippen molar-refractivity contribution >= 4 is 11.8 Å². The van der Waals surface area contributed by atoms with Crippen molar-refractivity contribution in [2.75, 3.05) is 27.2 Å². The van der Waals surface area contributed by atoms with Gasteiger partial charge in [0.05, 0.1) is 0 Å². The van der Waals surface area contributed by atoms with Crippen molar-refractivity contribution < 1.29 is 14.0 Å². The van der Waals surface area contributed by atoms with E-state index in [4.69, 9.17) is 0 Å². The fraction of sp³-hybridized carbons (Fsp3) is 0.579. The van der Waals surface area contributed by atoms with E-state index >= 15 is 0 Å². The minimum absolute atomic E-state index is 0.00206. The third kappa shape index (κ3) is 6.12. The summed E-state index contributed by atoms with van der Waals surface area (Å²) >= 11 is 0. The van der Waals surface area contributed by atoms with Crippen molar-refractivity contribution in [3.63, 3.8) is 0 Å². The van der Waals surface area contributed by atoms with E-state index in [1.54, 1.807) is 18.2 Å². The van der Waals surface area contributed by atoms with E-state index in [-0.39, 0.29) is 36.0 Å². The van der Waals surface area contributed by atoms with Crippen molar-refractivity contribution in [1.82, 2.24) is 15.5 Å². The number of benzene rings is 1. The average molecular weight is 349 g/mol. The molecule has 2 amide bonds. The number of likely N-dealkylation sites (N-methyl/N-ethyl adjacent to an activating group) is 1. The molecule has 0 spiro atoms. The Balaban J connectivity index is 1.71. The first-order valence-electron chi connectivity index (χ1n) is 8.91. The summed E-state index contributed by atoms with van der Waals surface area (Å²) in [6, 6.07) is 6.45. The van der Waals surface area contributed by atoms with Gasteiger partial charge in [0.25, 0.3) is 0 Å². The van der Waals surface area contributed by atoms with Gasteiger partial charge in [-0.1, -0.05) is 18.2 Å². The molecule has 1 saturated carbocycles. The second kappa shape index (κ2) is 9.51. The highest BCUT2D eigenvalue weighted by Gasteiger charge is 2.29. The Kier molecular flexibility index (Phi) is 7.37. The predicted octanol–water partition coefficient (Wildman–Crippen LogP) is 1.93. The molecule has 0 saturated heterocycles. The van der Waals surface area contributed by atoms with Gasteiger partial charge < -0.3 is 15.5 Å². The van der Waals surface area contributed by atoms with Crippen LogP contribution in [0, 0.1) is 17.7 Å². The maximum Gasteiger partial charge on any atom is 0.223 e. The van der Waals surface area contributed by atoms with Crippen molar-refractivity contribution in [3.05, 3.63) is 35.6 Å². The number of carbonyl (C=O) groups excluding carboxylic acids is 2. The van der Waals surface area contributed by atoms with Crippen LogP contribution in [-0.2, 0) is 16.1 Å². The topological polar surface area (TPSA) is 61.4 Å². The number of rotatable bonds is 7. The van der Waals surface area contributed by atoms with Crippen molar-refractivity contribution in [2.24, 2.45) is 11.8 Å². The minimum atomic E-state index is -0.305. The third-order valence-corrected chi connectivity index (χ3v) is 4.74. The van der Waals surface area contributed by atoms with Crippen LogP contribution in [0.25, 0.3) is 0 Å². The highest BCUT2D eigenvalue weighted by Crippen LogP contribution is 2.29. The van der Waals surface area contributed by atoms with Gasteiger partial charge in [0.1, 0.15) is 5.82 Å². The Hall–Kier alpha value is -1.95. The van der Waals surface area contributed by atoms with Crippen LogP contribution < -0.4 is 10.6 Å². The Morgan fingerprint density at radius 3 is 2.16 bits per heavy atom. The van der Waals surface area contributed by atoms with Gasteiger partial charge in [-0.3, -0.25) is 9.59 Å². The molecule has 2 rings (SSSR count). The molecule has 1 aliphatic carbocycles. The van der Waals surface area contributed by atoms with Crippen LogP contribution in [0.2, 0.25) is 0 Å². The zero-order chi connectivity index (χ0) is 18.2. The van der Waals surface area contributed by atoms with E-state index in [9.17, 15) is 14.0 Å². The average Bonchev–Trinajstić information content (AvgIpc) is 2.60. The summed E-state index contributed by atoms with van der Waals surface area (Å²) in [5.74, 6) is -0.349. The molecule has 0 radical (unpaired) electrons. The molecule has 0 heterocycles. The van der Waals surface area contributed by atoms with Gasteiger partial charge in [0, 0.05) is 37.0 Å². The number of nitrogens with one attached hydrogen (secondary N) is 2. The summed E-state index contributed by atoms with van der Waals surface area (Å²) in [7, 11) is 3.94. The molecule has 138 valence electrons. The molecule has 0 aliphatic heterocycles. The highest BCUT2D eigenvalue weighted by molar-refractivity contribution is 5.81. The first-order valence-corrected chi connectivity index (χ1v) is 8.91. The molecule has 0 unspecified atom stereocenters. The Morgan fingerprint density at radius 2 is 1.60 bits per heavy atom. The van der Waals surface area contributed by atoms with E-state index in [0.29, 0.717) is 24.9 Å². The maximum absolute atomic E-state index is 13.6. The van der Waals surface area contributed by atoms with E-state index in [1.165, 1.54) is 6.07 Å². The molecule has 0 bridgehead atoms. The van der Waals surface area contributed by atoms with Crippen LogP contribution in [0.5, 0.6) is 0 Å². The predicted molar refractivity (Wildman–Crippen MR) is 95.3 cm³/mol. The zero-order valence-corrected chi connectivity index (χ0v) is 15.1. The largest absolute Gasteiger partial charge is 0.355 e. The van der Waals surface area contributed by atoms with E-state index in [1.807, 2.05) is 19.0 Å². The smallest absolute Gasteiger partial charge is 0.223 e. The molecule has 0 aromatic heterocycles. The van der Waals surface area contributed by atoms with Gasteiger partial charge in [-0.05, 0) is 45.8 Å². The second-order valence-corrected chi connectivity index (χ2v) is 6.95. The fourth-order valence-electron chi connectivity index (χ4n) is 3.13. The van der Waals surface area contributed by atoms with Crippen LogP contribution >= 0.6 is 0 Å². The first kappa shape index (κ1) is 19.4. The minimum Gasteiger partial charge on any atom is -0.355 e. The van der Waals surface area contributed by atoms with Gasteiger partial charge in [-0.25, -0.2) is 4.39 Å². The number of halogens is 1. The monoisotopic (exact) mass is 349 g/mol. The van der Waals surface area contributed by atoms with Gasteiger partial charge >= 0.3 is 0 Å². The molecule has 5 nitrogen and oxygen atoms in total. The van der Waals surface area contributed by atoms with Crippen molar-refractivity contribution in [3.8, 4) is 0 Å². The van der Waals surface area contributed by atoms with Crippen LogP contribution in [0.3, 0.4) is 0 Å². The summed E-state index contributed by atoms with van der Waals surface area (Å²) < 4.78 is 13.6. The number of nitrogens with zero attached hydrogens (tertiary/aromatic N) is 1. The number of amides is 2. The second-order valence-electron chi connectivity index (χ2n) is 6.95. The Bertz CT molecular complexity index is 584. The molecule has 0 atom stereocenters. The molecule has 1 fully saturated rings. The lowest BCUT2D eigenvalue weighted by molar-refractivity contribution is -0.130. The maximum atomic E-state index is 13.6. The Labute approximate surface area is 149 Å². The highest BCUT2D eigenvalue weighted by atomic mass is 19.1. The van der Waals surface area contributed by atoms with Gasteiger partial charge in [0.2, 0.25) is 11.8 Å². The van der Waals surface area contributed by atoms with Crippen LogP contribution in [0.15, 0.2) is 24.3 Å². The molecule has 25 heavy (non-hydrogen) atoms. The summed E-state index contributed by atoms with van der Waals surface area (Å²) in [6.45, 7) is 1.67. The van der Waals surface area contributed by atoms with Crippen LogP contribution in [0.1, 0.15) is 31.2 Å². The zero-order valence-electron chi connectivity index (χ0n) is 15.1. The van der Waals surface area contributed by atoms with Gasteiger partial charge in [-0.2, -0.15) is 0 Å². The lowest BCUT2D eigenvalue weighted by Gasteiger charge is -2.27. The molecule has 6 heteroatoms. The molecular weight excluding hydrogens is 321 g/mol. The van der Waals surface area contributed by atoms with Crippen LogP contribution in [0.4, 0.5) is 4.39 Å². The number of carbonyl (C=O) groups is 2. The summed E-state index contributed by atoms with van der Waals surface area (Å²) in [6.07, 6.45) is 2.86. The lowest BCUT2D eigenvalue weighted by Crippen LogP contribution is -2.39. The molecule has 2 N–H and O–H groups in total. The number of hydrogen-bond donors (Lipinski definition) is 2. The molecule has 1 aliphatic rings. The SMILES string of the molecule is CN(C)CCNC(=O)C1CCC(C(=O)NCc2ccccc2F)CC1. The standard InChI is InChI=1S/C19H28FN3O2/c1-23(2)12-11-21-18(24)14-7-9-15(10-8-14)19(25)22-13-16-5-3-4-6-17(16)20/h3-6,14-15H,7-13H2,1-2H3,(H,21,24)(H,22,25). The lowest BCUT2D eigenvalue weighted by atomic mass is 9.81. The summed E-state index contributed by atoms with van der Waals surface area (Å²) in [5, 5.41) is 5.77. The van der Waals surface area contributed by atoms with E-state index in [0.717, 1.165) is 19.4 Å². The summed E-state index contributed by atoms with van der Waals surface area (Å²) in [4.78, 5) is 26.4. The summed E-state index contributed by atoms with van der Waals surface area (Å²) in [5.41, 5.74) is 0.491.